The van der Waals surface area contributed by atoms with Crippen molar-refractivity contribution in [1.82, 2.24) is 30.2 Å². The minimum atomic E-state index is -5.59. The van der Waals surface area contributed by atoms with Crippen molar-refractivity contribution in [2.75, 3.05) is 37.8 Å². The van der Waals surface area contributed by atoms with E-state index in [0.717, 1.165) is 86.8 Å². The van der Waals surface area contributed by atoms with Crippen molar-refractivity contribution >= 4 is 69.1 Å². The molecule has 0 saturated carbocycles. The number of phosphoric acid groups is 3. The number of hydrogen-bond donors (Lipinski definition) is 10. The molecule has 2 aromatic rings. The van der Waals surface area contributed by atoms with Crippen LogP contribution in [0.15, 0.2) is 73.4 Å². The molecule has 82 heavy (non-hydrogen) atoms. The molecule has 464 valence electrons. The van der Waals surface area contributed by atoms with E-state index in [1.54, 1.807) is 0 Å². The molecule has 1 fully saturated rings. The van der Waals surface area contributed by atoms with Gasteiger partial charge < -0.3 is 56.0 Å². The quantitative estimate of drug-likeness (QED) is 0.0169. The van der Waals surface area contributed by atoms with E-state index in [1.807, 2.05) is 0 Å². The smallest absolute Gasteiger partial charge is 0.393 e. The summed E-state index contributed by atoms with van der Waals surface area (Å²) in [5.41, 5.74) is 4.26. The standard InChI is InChI=1S/C53H88N7O18P3S/c1-4-5-6-7-8-9-10-11-12-13-14-15-16-17-18-19-20-21-22-23-24-25-26-27-28-29-30-31-41(61)36-44(63)82-35-34-55-43(62)32-33-56-51(66)48(65)53(2,3)38-75-81(72,73)78-80(70,71)74-37-42-47(77-79(67,68)69)46(64)52(76-42)60-40-59-45-49(54)57-39-58-50(45)60/h5-6,8-9,11-12,14-15,17-18,39-42,46-48,52,61,64-65H,4,7,10,13,16,19-38H2,1-3H3,(H,55,62)(H,56,66)(H,70,71)(H,72,73)(H2,54,57,58)(H2,67,68,69)/b6-5-,9-8-,12-11-,15-14-,18-17-/t41-,42-,46-,47-,48+,52-/m1/s1. The molecule has 1 aliphatic heterocycles. The van der Waals surface area contributed by atoms with Gasteiger partial charge in [-0.2, -0.15) is 4.31 Å². The number of anilines is 1. The molecule has 0 aromatic carbocycles. The van der Waals surface area contributed by atoms with Crippen molar-refractivity contribution in [1.29, 1.82) is 0 Å². The summed E-state index contributed by atoms with van der Waals surface area (Å²) >= 11 is 0.999. The lowest BCUT2D eigenvalue weighted by molar-refractivity contribution is -0.137. The Morgan fingerprint density at radius 2 is 1.34 bits per heavy atom. The molecule has 2 amide bonds. The minimum Gasteiger partial charge on any atom is -0.393 e. The zero-order valence-corrected chi connectivity index (χ0v) is 50.8. The molecular formula is C53H88N7O18P3S. The van der Waals surface area contributed by atoms with Crippen LogP contribution >= 0.6 is 35.2 Å². The van der Waals surface area contributed by atoms with E-state index in [0.29, 0.717) is 6.42 Å². The molecule has 2 aromatic heterocycles. The number of nitrogens with one attached hydrogen (secondary N) is 2. The maximum absolute atomic E-state index is 12.8. The number of rotatable bonds is 44. The Morgan fingerprint density at radius 1 is 0.780 bits per heavy atom. The van der Waals surface area contributed by atoms with E-state index in [2.05, 4.69) is 102 Å². The van der Waals surface area contributed by atoms with Crippen LogP contribution in [0.1, 0.15) is 155 Å². The van der Waals surface area contributed by atoms with E-state index in [1.165, 1.54) is 65.2 Å². The number of allylic oxidation sites excluding steroid dienone is 10. The summed E-state index contributed by atoms with van der Waals surface area (Å²) in [5.74, 6) is -1.23. The number of nitrogens with two attached hydrogens (primary N) is 1. The van der Waals surface area contributed by atoms with Gasteiger partial charge in [0.05, 0.1) is 25.6 Å². The van der Waals surface area contributed by atoms with Crippen molar-refractivity contribution in [3.63, 3.8) is 0 Å². The number of imidazole rings is 1. The fourth-order valence-electron chi connectivity index (χ4n) is 8.25. The van der Waals surface area contributed by atoms with Crippen LogP contribution in [0.3, 0.4) is 0 Å². The third-order valence-electron chi connectivity index (χ3n) is 12.7. The van der Waals surface area contributed by atoms with Gasteiger partial charge in [-0.15, -0.1) is 0 Å². The zero-order chi connectivity index (χ0) is 60.4. The average molecular weight is 1240 g/mol. The average Bonchev–Trinajstić information content (AvgIpc) is 4.16. The number of thioether (sulfide) groups is 1. The molecule has 1 aliphatic rings. The van der Waals surface area contributed by atoms with E-state index < -0.39 is 90.7 Å². The zero-order valence-electron chi connectivity index (χ0n) is 47.3. The highest BCUT2D eigenvalue weighted by Crippen LogP contribution is 2.61. The highest BCUT2D eigenvalue weighted by atomic mass is 32.2. The summed E-state index contributed by atoms with van der Waals surface area (Å²) in [4.78, 5) is 88.8. The molecule has 11 N–H and O–H groups in total. The first kappa shape index (κ1) is 72.5. The molecule has 0 spiro atoms. The number of ether oxygens (including phenoxy) is 1. The number of phosphoric ester groups is 3. The van der Waals surface area contributed by atoms with Crippen molar-refractivity contribution in [2.24, 2.45) is 5.41 Å². The molecule has 3 rings (SSSR count). The number of fused-ring (bicyclic) bond motifs is 1. The second kappa shape index (κ2) is 39.0. The number of nitrogen functional groups attached to an aromatic ring is 1. The largest absolute Gasteiger partial charge is 0.481 e. The number of carbonyl (C=O) groups excluding carboxylic acids is 3. The number of aliphatic hydroxyl groups is 3. The Labute approximate surface area is 485 Å². The fourth-order valence-corrected chi connectivity index (χ4v) is 11.8. The van der Waals surface area contributed by atoms with Gasteiger partial charge in [0.2, 0.25) is 11.8 Å². The Morgan fingerprint density at radius 3 is 1.94 bits per heavy atom. The first-order chi connectivity index (χ1) is 38.9. The lowest BCUT2D eigenvalue weighted by Gasteiger charge is -2.30. The van der Waals surface area contributed by atoms with Crippen LogP contribution in [0.5, 0.6) is 0 Å². The number of unbranched alkanes of at least 4 members (excludes halogenated alkanes) is 11. The first-order valence-electron chi connectivity index (χ1n) is 27.9. The highest BCUT2D eigenvalue weighted by molar-refractivity contribution is 8.13. The summed E-state index contributed by atoms with van der Waals surface area (Å²) in [6, 6.07) is 0. The maximum Gasteiger partial charge on any atom is 0.481 e. The second-order valence-corrected chi connectivity index (χ2v) is 25.7. The van der Waals surface area contributed by atoms with E-state index in [4.69, 9.17) is 19.5 Å². The summed E-state index contributed by atoms with van der Waals surface area (Å²) < 4.78 is 62.6. The Hall–Kier alpha value is -3.78. The minimum absolute atomic E-state index is 0.0167. The van der Waals surface area contributed by atoms with E-state index in [-0.39, 0.29) is 53.8 Å². The molecule has 0 radical (unpaired) electrons. The first-order valence-corrected chi connectivity index (χ1v) is 33.4. The van der Waals surface area contributed by atoms with Crippen molar-refractivity contribution in [3.05, 3.63) is 73.4 Å². The van der Waals surface area contributed by atoms with E-state index in [9.17, 15) is 63.0 Å². The van der Waals surface area contributed by atoms with Gasteiger partial charge in [-0.1, -0.05) is 158 Å². The lowest BCUT2D eigenvalue weighted by Crippen LogP contribution is -2.46. The Balaban J connectivity index is 1.18. The SMILES string of the molecule is CC/C=C\C/C=C\C/C=C\C/C=C\C/C=C\CCCCCCCCCCCCC[C@@H](O)CC(=O)SCCNC(=O)CCNC(=O)[C@H](O)C(C)(C)COP(=O)(O)OP(=O)(O)OC[C@H]1O[C@@H](n2cnc3c(N)ncnc32)[C@H](O)[C@@H]1OP(=O)(O)O. The van der Waals surface area contributed by atoms with Gasteiger partial charge in [0.25, 0.3) is 0 Å². The number of carbonyl (C=O) groups is 3. The molecule has 3 heterocycles. The summed E-state index contributed by atoms with van der Waals surface area (Å²) in [5, 5.41) is 36.8. The summed E-state index contributed by atoms with van der Waals surface area (Å²) in [6.45, 7) is 2.54. The van der Waals surface area contributed by atoms with Gasteiger partial charge in [-0.05, 0) is 51.4 Å². The van der Waals surface area contributed by atoms with Crippen LogP contribution in [0.25, 0.3) is 11.2 Å². The Bertz CT molecular complexity index is 2530. The van der Waals surface area contributed by atoms with Crippen LogP contribution in [0, 0.1) is 5.41 Å². The third-order valence-corrected chi connectivity index (χ3v) is 16.7. The molecule has 0 aliphatic carbocycles. The predicted molar refractivity (Wildman–Crippen MR) is 312 cm³/mol. The molecule has 2 unspecified atom stereocenters. The van der Waals surface area contributed by atoms with Gasteiger partial charge in [0, 0.05) is 37.1 Å². The van der Waals surface area contributed by atoms with Crippen LogP contribution in [0.4, 0.5) is 5.82 Å². The lowest BCUT2D eigenvalue weighted by atomic mass is 9.87. The number of nitrogens with zero attached hydrogens (tertiary/aromatic N) is 4. The molecule has 1 saturated heterocycles. The van der Waals surface area contributed by atoms with Crippen molar-refractivity contribution in [2.45, 2.75) is 186 Å². The van der Waals surface area contributed by atoms with Gasteiger partial charge in [-0.25, -0.2) is 28.6 Å². The van der Waals surface area contributed by atoms with Crippen molar-refractivity contribution in [3.8, 4) is 0 Å². The van der Waals surface area contributed by atoms with Crippen LogP contribution in [0.2, 0.25) is 0 Å². The van der Waals surface area contributed by atoms with Crippen LogP contribution in [-0.2, 0) is 50.7 Å². The maximum atomic E-state index is 12.8. The monoisotopic (exact) mass is 1240 g/mol. The molecular weight excluding hydrogens is 1150 g/mol. The normalized spacial score (nSPS) is 19.5. The van der Waals surface area contributed by atoms with Crippen LogP contribution in [-0.4, -0.2) is 134 Å². The van der Waals surface area contributed by atoms with Gasteiger partial charge in [-0.3, -0.25) is 32.5 Å². The molecule has 8 atom stereocenters. The number of hydrogen-bond acceptors (Lipinski definition) is 19. The molecule has 25 nitrogen and oxygen atoms in total. The highest BCUT2D eigenvalue weighted by Gasteiger charge is 2.50. The number of aliphatic hydroxyl groups excluding tert-OH is 3. The number of amides is 2. The van der Waals surface area contributed by atoms with Gasteiger partial charge in [0.1, 0.15) is 36.3 Å². The third kappa shape index (κ3) is 30.3. The van der Waals surface area contributed by atoms with Gasteiger partial charge in [0.15, 0.2) is 22.8 Å². The second-order valence-electron chi connectivity index (χ2n) is 20.3. The summed E-state index contributed by atoms with van der Waals surface area (Å²) in [7, 11) is -16.5. The van der Waals surface area contributed by atoms with E-state index >= 15 is 0 Å². The topological polar surface area (TPSA) is 384 Å². The number of aromatic nitrogens is 4. The fraction of sp³-hybridized carbons (Fsp3) is 0.660. The van der Waals surface area contributed by atoms with Crippen LogP contribution < -0.4 is 16.4 Å². The molecule has 29 heteroatoms. The Kier molecular flexibility index (Phi) is 34.5. The van der Waals surface area contributed by atoms with Crippen molar-refractivity contribution < 1.29 is 85.6 Å². The predicted octanol–water partition coefficient (Wildman–Crippen LogP) is 8.24. The molecule has 0 bridgehead atoms. The van der Waals surface area contributed by atoms with Gasteiger partial charge >= 0.3 is 23.5 Å². The summed E-state index contributed by atoms with van der Waals surface area (Å²) in [6.07, 6.45) is 34.2.